The van der Waals surface area contributed by atoms with Gasteiger partial charge in [-0.2, -0.15) is 0 Å². The summed E-state index contributed by atoms with van der Waals surface area (Å²) in [5.74, 6) is -0.455. The summed E-state index contributed by atoms with van der Waals surface area (Å²) in [5, 5.41) is 1.61. The van der Waals surface area contributed by atoms with Crippen molar-refractivity contribution in [2.75, 3.05) is 13.4 Å². The molecule has 0 rings (SSSR count). The first-order valence-corrected chi connectivity index (χ1v) is 7.56. The molecule has 4 nitrogen and oxygen atoms in total. The van der Waals surface area contributed by atoms with Gasteiger partial charge in [-0.05, 0) is 12.7 Å². The van der Waals surface area contributed by atoms with Gasteiger partial charge in [0.15, 0.2) is 0 Å². The summed E-state index contributed by atoms with van der Waals surface area (Å²) < 4.78 is 16.2. The molecule has 7 heteroatoms. The van der Waals surface area contributed by atoms with E-state index >= 15 is 0 Å². The Morgan fingerprint density at radius 3 is 2.62 bits per heavy atom. The van der Waals surface area contributed by atoms with Crippen molar-refractivity contribution in [3.8, 4) is 0 Å². The molecule has 0 heterocycles. The van der Waals surface area contributed by atoms with Crippen LogP contribution in [0.25, 0.3) is 0 Å². The number of amides is 1. The number of nitrogens with one attached hydrogen (secondary N) is 1. The molecule has 0 aromatic heterocycles. The summed E-state index contributed by atoms with van der Waals surface area (Å²) in [4.78, 5) is 11.2. The molecule has 0 radical (unpaired) electrons. The van der Waals surface area contributed by atoms with Crippen molar-refractivity contribution in [2.45, 2.75) is 18.7 Å². The Hall–Kier alpha value is 0.300. The van der Waals surface area contributed by atoms with E-state index in [1.54, 1.807) is 13.2 Å². The molecule has 1 amide bonds. The summed E-state index contributed by atoms with van der Waals surface area (Å²) in [5.41, 5.74) is 0. The minimum absolute atomic E-state index is 0.455. The normalized spacial score (nSPS) is 17.5. The lowest BCUT2D eigenvalue weighted by molar-refractivity contribution is -0.119. The topological polar surface area (TPSA) is 55.4 Å². The SMILES string of the molecule is CCC(Cl)C(=O)NP(=O)(OC)SC. The number of hydrogen-bond acceptors (Lipinski definition) is 4. The van der Waals surface area contributed by atoms with E-state index in [2.05, 4.69) is 9.61 Å². The standard InChI is InChI=1S/C6H13ClNO3PS/c1-4-5(7)6(9)8-12(10,11-2)13-3/h5H,4H2,1-3H3,(H,8,9,10). The van der Waals surface area contributed by atoms with Crippen molar-refractivity contribution in [3.05, 3.63) is 0 Å². The summed E-state index contributed by atoms with van der Waals surface area (Å²) in [7, 11) is 1.28. The molecule has 1 N–H and O–H groups in total. The Balaban J connectivity index is 4.26. The lowest BCUT2D eigenvalue weighted by Gasteiger charge is -2.15. The zero-order chi connectivity index (χ0) is 10.5. The molecule has 0 aliphatic carbocycles. The van der Waals surface area contributed by atoms with Crippen LogP contribution in [-0.2, 0) is 13.9 Å². The zero-order valence-corrected chi connectivity index (χ0v) is 10.2. The number of rotatable bonds is 5. The third-order valence-corrected chi connectivity index (χ3v) is 5.50. The summed E-state index contributed by atoms with van der Waals surface area (Å²) >= 11 is 6.61. The van der Waals surface area contributed by atoms with Crippen LogP contribution in [0.4, 0.5) is 0 Å². The smallest absolute Gasteiger partial charge is 0.309 e. The van der Waals surface area contributed by atoms with E-state index in [0.717, 1.165) is 11.4 Å². The Bertz CT molecular complexity index is 218. The van der Waals surface area contributed by atoms with Gasteiger partial charge in [0.05, 0.1) is 0 Å². The molecule has 2 atom stereocenters. The molecule has 0 spiro atoms. The van der Waals surface area contributed by atoms with Gasteiger partial charge >= 0.3 is 6.72 Å². The highest BCUT2D eigenvalue weighted by atomic mass is 35.5. The number of carbonyl (C=O) groups is 1. The quantitative estimate of drug-likeness (QED) is 0.596. The molecule has 0 aliphatic heterocycles. The second kappa shape index (κ2) is 5.91. The Kier molecular flexibility index (Phi) is 6.05. The van der Waals surface area contributed by atoms with Crippen LogP contribution < -0.4 is 5.09 Å². The Morgan fingerprint density at radius 2 is 2.31 bits per heavy atom. The fourth-order valence-corrected chi connectivity index (χ4v) is 2.44. The minimum Gasteiger partial charge on any atom is -0.309 e. The summed E-state index contributed by atoms with van der Waals surface area (Å²) in [6.07, 6.45) is 2.09. The largest absolute Gasteiger partial charge is 0.352 e. The predicted octanol–water partition coefficient (Wildman–Crippen LogP) is 2.24. The molecule has 13 heavy (non-hydrogen) atoms. The lowest BCUT2D eigenvalue weighted by Crippen LogP contribution is -2.28. The molecule has 0 aliphatic rings. The second-order valence-corrected chi connectivity index (χ2v) is 7.23. The van der Waals surface area contributed by atoms with E-state index in [0.29, 0.717) is 6.42 Å². The van der Waals surface area contributed by atoms with Crippen molar-refractivity contribution in [1.29, 1.82) is 0 Å². The van der Waals surface area contributed by atoms with E-state index < -0.39 is 18.0 Å². The molecular weight excluding hydrogens is 233 g/mol. The van der Waals surface area contributed by atoms with Crippen molar-refractivity contribution >= 4 is 35.6 Å². The zero-order valence-electron chi connectivity index (χ0n) is 7.74. The average Bonchev–Trinajstić information content (AvgIpc) is 2.16. The fourth-order valence-electron chi connectivity index (χ4n) is 0.556. The van der Waals surface area contributed by atoms with Gasteiger partial charge in [-0.25, -0.2) is 0 Å². The van der Waals surface area contributed by atoms with Crippen LogP contribution in [-0.4, -0.2) is 24.6 Å². The summed E-state index contributed by atoms with van der Waals surface area (Å²) in [6.45, 7) is -1.30. The van der Waals surface area contributed by atoms with Crippen LogP contribution in [0.2, 0.25) is 0 Å². The van der Waals surface area contributed by atoms with Crippen LogP contribution in [0.5, 0.6) is 0 Å². The molecule has 2 unspecified atom stereocenters. The molecule has 0 saturated carbocycles. The van der Waals surface area contributed by atoms with Gasteiger partial charge < -0.3 is 4.52 Å². The number of carbonyl (C=O) groups excluding carboxylic acids is 1. The molecule has 0 bridgehead atoms. The second-order valence-electron chi connectivity index (χ2n) is 2.21. The molecule has 0 aromatic rings. The highest BCUT2D eigenvalue weighted by Gasteiger charge is 2.25. The van der Waals surface area contributed by atoms with Gasteiger partial charge in [0.2, 0.25) is 5.91 Å². The van der Waals surface area contributed by atoms with Crippen LogP contribution in [0.15, 0.2) is 0 Å². The van der Waals surface area contributed by atoms with E-state index in [-0.39, 0.29) is 0 Å². The monoisotopic (exact) mass is 245 g/mol. The maximum Gasteiger partial charge on any atom is 0.352 e. The molecule has 0 fully saturated rings. The van der Waals surface area contributed by atoms with Gasteiger partial charge in [-0.1, -0.05) is 18.3 Å². The number of halogens is 1. The first-order chi connectivity index (χ1) is 5.99. The van der Waals surface area contributed by atoms with Crippen molar-refractivity contribution in [1.82, 2.24) is 5.09 Å². The van der Waals surface area contributed by atoms with Crippen LogP contribution in [0.3, 0.4) is 0 Å². The first-order valence-electron chi connectivity index (χ1n) is 3.66. The minimum atomic E-state index is -3.07. The number of alkyl halides is 1. The van der Waals surface area contributed by atoms with Crippen LogP contribution in [0, 0.1) is 0 Å². The third kappa shape index (κ3) is 4.36. The highest BCUT2D eigenvalue weighted by Crippen LogP contribution is 2.53. The van der Waals surface area contributed by atoms with Gasteiger partial charge in [-0.3, -0.25) is 14.4 Å². The van der Waals surface area contributed by atoms with Crippen molar-refractivity contribution < 1.29 is 13.9 Å². The number of hydrogen-bond donors (Lipinski definition) is 1. The molecule has 78 valence electrons. The van der Waals surface area contributed by atoms with Gasteiger partial charge in [0, 0.05) is 7.11 Å². The molecular formula is C6H13ClNO3PS. The maximum atomic E-state index is 11.5. The average molecular weight is 246 g/mol. The lowest BCUT2D eigenvalue weighted by atomic mass is 10.3. The Morgan fingerprint density at radius 1 is 1.77 bits per heavy atom. The van der Waals surface area contributed by atoms with Gasteiger partial charge in [0.1, 0.15) is 5.38 Å². The highest BCUT2D eigenvalue weighted by molar-refractivity contribution is 8.55. The third-order valence-electron chi connectivity index (χ3n) is 1.37. The van der Waals surface area contributed by atoms with E-state index in [1.165, 1.54) is 7.11 Å². The van der Waals surface area contributed by atoms with Crippen molar-refractivity contribution in [2.24, 2.45) is 0 Å². The fraction of sp³-hybridized carbons (Fsp3) is 0.833. The van der Waals surface area contributed by atoms with Crippen molar-refractivity contribution in [3.63, 3.8) is 0 Å². The van der Waals surface area contributed by atoms with E-state index in [9.17, 15) is 9.36 Å². The maximum absolute atomic E-state index is 11.5. The van der Waals surface area contributed by atoms with Crippen LogP contribution in [0.1, 0.15) is 13.3 Å². The van der Waals surface area contributed by atoms with Gasteiger partial charge in [-0.15, -0.1) is 11.6 Å². The van der Waals surface area contributed by atoms with E-state index in [1.807, 2.05) is 0 Å². The van der Waals surface area contributed by atoms with Gasteiger partial charge in [0.25, 0.3) is 0 Å². The molecule has 0 saturated heterocycles. The first kappa shape index (κ1) is 13.3. The van der Waals surface area contributed by atoms with E-state index in [4.69, 9.17) is 11.6 Å². The summed E-state index contributed by atoms with van der Waals surface area (Å²) in [6, 6.07) is 0. The van der Waals surface area contributed by atoms with Crippen LogP contribution >= 0.6 is 29.7 Å². The molecule has 0 aromatic carbocycles. The Labute approximate surface area is 87.0 Å². The predicted molar refractivity (Wildman–Crippen MR) is 56.2 cm³/mol.